The van der Waals surface area contributed by atoms with E-state index in [9.17, 15) is 9.18 Å². The number of hydrazine groups is 1. The van der Waals surface area contributed by atoms with Crippen molar-refractivity contribution in [1.29, 1.82) is 0 Å². The largest absolute Gasteiger partial charge is 0.488 e. The van der Waals surface area contributed by atoms with Crippen molar-refractivity contribution in [3.8, 4) is 5.75 Å². The highest BCUT2D eigenvalue weighted by molar-refractivity contribution is 6.31. The molecule has 4 nitrogen and oxygen atoms in total. The summed E-state index contributed by atoms with van der Waals surface area (Å²) in [5.41, 5.74) is 2.80. The van der Waals surface area contributed by atoms with Crippen molar-refractivity contribution >= 4 is 29.1 Å². The average molecular weight is 329 g/mol. The summed E-state index contributed by atoms with van der Waals surface area (Å²) in [5, 5.41) is 0.620. The van der Waals surface area contributed by atoms with Crippen LogP contribution in [0.25, 0.3) is 0 Å². The van der Waals surface area contributed by atoms with Crippen molar-refractivity contribution in [1.82, 2.24) is 5.43 Å². The number of hydrogen-bond donors (Lipinski definition) is 2. The first-order valence-corrected chi connectivity index (χ1v) is 6.64. The van der Waals surface area contributed by atoms with Crippen LogP contribution in [0.1, 0.15) is 15.9 Å². The van der Waals surface area contributed by atoms with Crippen LogP contribution in [0.2, 0.25) is 10.0 Å². The zero-order valence-electron chi connectivity index (χ0n) is 10.7. The normalized spacial score (nSPS) is 10.3. The number of ether oxygens (including phenoxy) is 1. The van der Waals surface area contributed by atoms with E-state index >= 15 is 0 Å². The predicted molar refractivity (Wildman–Crippen MR) is 78.8 cm³/mol. The Hall–Kier alpha value is -1.82. The van der Waals surface area contributed by atoms with E-state index in [4.69, 9.17) is 33.8 Å². The van der Waals surface area contributed by atoms with Crippen molar-refractivity contribution in [2.24, 2.45) is 5.84 Å². The van der Waals surface area contributed by atoms with Crippen LogP contribution in [-0.2, 0) is 6.61 Å². The summed E-state index contributed by atoms with van der Waals surface area (Å²) in [5.74, 6) is 4.44. The fraction of sp³-hybridized carbons (Fsp3) is 0.0714. The lowest BCUT2D eigenvalue weighted by Gasteiger charge is -2.12. The van der Waals surface area contributed by atoms with Gasteiger partial charge in [-0.1, -0.05) is 29.3 Å². The summed E-state index contributed by atoms with van der Waals surface area (Å²) in [6.45, 7) is 0.0750. The second-order valence-corrected chi connectivity index (χ2v) is 4.98. The molecule has 0 unspecified atom stereocenters. The number of halogens is 3. The van der Waals surface area contributed by atoms with E-state index < -0.39 is 11.7 Å². The molecule has 3 N–H and O–H groups in total. The Labute approximate surface area is 130 Å². The topological polar surface area (TPSA) is 64.3 Å². The zero-order valence-corrected chi connectivity index (χ0v) is 12.2. The van der Waals surface area contributed by atoms with Crippen LogP contribution in [0.4, 0.5) is 4.39 Å². The molecular formula is C14H11Cl2FN2O2. The summed E-state index contributed by atoms with van der Waals surface area (Å²) in [6.07, 6.45) is 0. The molecule has 2 aromatic rings. The highest BCUT2D eigenvalue weighted by Gasteiger charge is 2.13. The number of hydrogen-bond acceptors (Lipinski definition) is 3. The number of nitrogens with one attached hydrogen (secondary N) is 1. The Morgan fingerprint density at radius 1 is 1.24 bits per heavy atom. The molecule has 0 radical (unpaired) electrons. The number of nitrogen functional groups attached to an aromatic ring is 1. The van der Waals surface area contributed by atoms with Gasteiger partial charge in [-0.25, -0.2) is 10.2 Å². The standard InChI is InChI=1S/C14H11Cl2FN2O2/c15-9-2-4-13(11(5-9)14(20)19-18)21-7-8-1-3-10(17)6-12(8)16/h1-6H,7,18H2,(H,19,20). The molecule has 1 amide bonds. The number of nitrogens with two attached hydrogens (primary N) is 1. The predicted octanol–water partition coefficient (Wildman–Crippen LogP) is 3.32. The lowest BCUT2D eigenvalue weighted by molar-refractivity contribution is 0.0949. The van der Waals surface area contributed by atoms with Crippen molar-refractivity contribution in [3.05, 3.63) is 63.4 Å². The monoisotopic (exact) mass is 328 g/mol. The van der Waals surface area contributed by atoms with E-state index in [0.717, 1.165) is 0 Å². The van der Waals surface area contributed by atoms with Crippen LogP contribution < -0.4 is 16.0 Å². The SMILES string of the molecule is NNC(=O)c1cc(Cl)ccc1OCc1ccc(F)cc1Cl. The van der Waals surface area contributed by atoms with Gasteiger partial charge in [0, 0.05) is 10.6 Å². The molecule has 0 atom stereocenters. The Kier molecular flexibility index (Phi) is 5.01. The van der Waals surface area contributed by atoms with E-state index in [1.54, 1.807) is 12.1 Å². The van der Waals surface area contributed by atoms with Gasteiger partial charge in [0.25, 0.3) is 5.91 Å². The molecule has 0 aliphatic heterocycles. The Balaban J connectivity index is 2.21. The average Bonchev–Trinajstić information content (AvgIpc) is 2.46. The van der Waals surface area contributed by atoms with Gasteiger partial charge in [-0.05, 0) is 30.3 Å². The molecule has 0 aromatic heterocycles. The third-order valence-electron chi connectivity index (χ3n) is 2.72. The lowest BCUT2D eigenvalue weighted by Crippen LogP contribution is -2.30. The molecule has 0 spiro atoms. The first-order valence-electron chi connectivity index (χ1n) is 5.88. The van der Waals surface area contributed by atoms with Crippen molar-refractivity contribution in [3.63, 3.8) is 0 Å². The molecule has 2 rings (SSSR count). The quantitative estimate of drug-likeness (QED) is 0.514. The minimum Gasteiger partial charge on any atom is -0.488 e. The number of benzene rings is 2. The zero-order chi connectivity index (χ0) is 15.4. The molecular weight excluding hydrogens is 318 g/mol. The maximum atomic E-state index is 13.0. The number of amides is 1. The molecule has 0 aliphatic carbocycles. The van der Waals surface area contributed by atoms with E-state index in [1.165, 1.54) is 24.3 Å². The maximum Gasteiger partial charge on any atom is 0.268 e. The second kappa shape index (κ2) is 6.76. The van der Waals surface area contributed by atoms with Crippen LogP contribution in [0, 0.1) is 5.82 Å². The fourth-order valence-electron chi connectivity index (χ4n) is 1.68. The van der Waals surface area contributed by atoms with E-state index in [-0.39, 0.29) is 17.2 Å². The molecule has 7 heteroatoms. The van der Waals surface area contributed by atoms with Crippen molar-refractivity contribution in [2.45, 2.75) is 6.61 Å². The van der Waals surface area contributed by atoms with Gasteiger partial charge in [0.2, 0.25) is 0 Å². The minimum absolute atomic E-state index is 0.0750. The maximum absolute atomic E-state index is 13.0. The van der Waals surface area contributed by atoms with E-state index in [0.29, 0.717) is 16.3 Å². The highest BCUT2D eigenvalue weighted by Crippen LogP contribution is 2.25. The molecule has 0 heterocycles. The molecule has 0 fully saturated rings. The van der Waals surface area contributed by atoms with Gasteiger partial charge in [-0.15, -0.1) is 0 Å². The third kappa shape index (κ3) is 3.85. The first kappa shape index (κ1) is 15.6. The third-order valence-corrected chi connectivity index (χ3v) is 3.30. The van der Waals surface area contributed by atoms with Gasteiger partial charge < -0.3 is 4.74 Å². The fourth-order valence-corrected chi connectivity index (χ4v) is 2.07. The van der Waals surface area contributed by atoms with E-state index in [2.05, 4.69) is 0 Å². The van der Waals surface area contributed by atoms with Gasteiger partial charge in [0.1, 0.15) is 18.2 Å². The van der Waals surface area contributed by atoms with Gasteiger partial charge in [0.15, 0.2) is 0 Å². The van der Waals surface area contributed by atoms with Crippen LogP contribution in [0.15, 0.2) is 36.4 Å². The Morgan fingerprint density at radius 3 is 2.67 bits per heavy atom. The molecule has 0 bridgehead atoms. The summed E-state index contributed by atoms with van der Waals surface area (Å²) < 4.78 is 18.5. The van der Waals surface area contributed by atoms with Gasteiger partial charge in [0.05, 0.1) is 10.6 Å². The first-order chi connectivity index (χ1) is 10.0. The minimum atomic E-state index is -0.530. The Morgan fingerprint density at radius 2 is 2.00 bits per heavy atom. The smallest absolute Gasteiger partial charge is 0.268 e. The highest BCUT2D eigenvalue weighted by atomic mass is 35.5. The van der Waals surface area contributed by atoms with Gasteiger partial charge in [-0.2, -0.15) is 0 Å². The Bertz CT molecular complexity index is 680. The van der Waals surface area contributed by atoms with Crippen molar-refractivity contribution in [2.75, 3.05) is 0 Å². The van der Waals surface area contributed by atoms with Crippen molar-refractivity contribution < 1.29 is 13.9 Å². The summed E-state index contributed by atoms with van der Waals surface area (Å²) in [4.78, 5) is 11.7. The molecule has 2 aromatic carbocycles. The van der Waals surface area contributed by atoms with Gasteiger partial charge in [-0.3, -0.25) is 10.2 Å². The van der Waals surface area contributed by atoms with Crippen LogP contribution in [-0.4, -0.2) is 5.91 Å². The number of rotatable bonds is 4. The molecule has 110 valence electrons. The van der Waals surface area contributed by atoms with Crippen LogP contribution >= 0.6 is 23.2 Å². The van der Waals surface area contributed by atoms with Crippen LogP contribution in [0.3, 0.4) is 0 Å². The summed E-state index contributed by atoms with van der Waals surface area (Å²) >= 11 is 11.7. The number of carbonyl (C=O) groups is 1. The van der Waals surface area contributed by atoms with Gasteiger partial charge >= 0.3 is 0 Å². The molecule has 21 heavy (non-hydrogen) atoms. The van der Waals surface area contributed by atoms with Crippen LogP contribution in [0.5, 0.6) is 5.75 Å². The lowest BCUT2D eigenvalue weighted by atomic mass is 10.2. The molecule has 0 saturated heterocycles. The second-order valence-electron chi connectivity index (χ2n) is 4.14. The van der Waals surface area contributed by atoms with E-state index in [1.807, 2.05) is 5.43 Å². The summed E-state index contributed by atoms with van der Waals surface area (Å²) in [7, 11) is 0. The number of carbonyl (C=O) groups excluding carboxylic acids is 1. The summed E-state index contributed by atoms with van der Waals surface area (Å²) in [6, 6.07) is 8.54. The molecule has 0 aliphatic rings. The molecule has 0 saturated carbocycles.